The van der Waals surface area contributed by atoms with Crippen LogP contribution >= 0.6 is 0 Å². The lowest BCUT2D eigenvalue weighted by Crippen LogP contribution is -2.43. The molecule has 2 aliphatic heterocycles. The van der Waals surface area contributed by atoms with E-state index in [0.717, 1.165) is 77.8 Å². The Morgan fingerprint density at radius 1 is 1.06 bits per heavy atom. The van der Waals surface area contributed by atoms with Crippen LogP contribution in [0.1, 0.15) is 98.8 Å². The number of aromatic nitrogens is 3. The van der Waals surface area contributed by atoms with E-state index in [2.05, 4.69) is 58.2 Å². The number of fused-ring (bicyclic) bond motifs is 2. The third kappa shape index (κ3) is 4.86. The van der Waals surface area contributed by atoms with Crippen LogP contribution in [0.2, 0.25) is 0 Å². The lowest BCUT2D eigenvalue weighted by Gasteiger charge is -2.33. The van der Waals surface area contributed by atoms with Gasteiger partial charge in [-0.15, -0.1) is 0 Å². The van der Waals surface area contributed by atoms with Gasteiger partial charge in [-0.25, -0.2) is 18.2 Å². The first-order chi connectivity index (χ1) is 24.6. The molecule has 3 aliphatic carbocycles. The van der Waals surface area contributed by atoms with Gasteiger partial charge in [0.1, 0.15) is 36.0 Å². The minimum absolute atomic E-state index is 0.106. The van der Waals surface area contributed by atoms with Crippen LogP contribution in [-0.2, 0) is 6.42 Å². The second-order valence-electron chi connectivity index (χ2n) is 16.6. The molecule has 6 atom stereocenters. The van der Waals surface area contributed by atoms with Crippen molar-refractivity contribution in [1.29, 1.82) is 0 Å². The maximum Gasteiger partial charge on any atom is 0.141 e. The van der Waals surface area contributed by atoms with Crippen LogP contribution < -0.4 is 10.5 Å². The SMILES string of the molecule is C[C@H]1CCc2cc(-c3c(C4CC45CC5)ccc4[nH]ncc34)c(F)c3cc(OC[C@@]45CCCN4C[C@H](F)C5)cc(c23)C1[C@@H](C)c1cc(F)cnc1N. The third-order valence-electron chi connectivity index (χ3n) is 13.7. The van der Waals surface area contributed by atoms with E-state index in [1.165, 1.54) is 24.5 Å². The maximum atomic E-state index is 17.7. The number of halogens is 3. The summed E-state index contributed by atoms with van der Waals surface area (Å²) in [7, 11) is 0. The number of nitrogen functional groups attached to an aromatic ring is 1. The summed E-state index contributed by atoms with van der Waals surface area (Å²) in [6.45, 7) is 5.98. The zero-order chi connectivity index (χ0) is 34.8. The van der Waals surface area contributed by atoms with Gasteiger partial charge in [-0.2, -0.15) is 5.10 Å². The fourth-order valence-corrected chi connectivity index (χ4v) is 10.8. The van der Waals surface area contributed by atoms with Gasteiger partial charge in [-0.3, -0.25) is 10.00 Å². The molecule has 3 aromatic carbocycles. The zero-order valence-electron chi connectivity index (χ0n) is 29.2. The van der Waals surface area contributed by atoms with E-state index in [1.807, 2.05) is 12.3 Å². The van der Waals surface area contributed by atoms with Crippen LogP contribution in [0.5, 0.6) is 5.75 Å². The van der Waals surface area contributed by atoms with Gasteiger partial charge in [0.25, 0.3) is 0 Å². The lowest BCUT2D eigenvalue weighted by atomic mass is 9.74. The normalized spacial score (nSPS) is 28.3. The Morgan fingerprint density at radius 3 is 2.75 bits per heavy atom. The van der Waals surface area contributed by atoms with E-state index in [-0.39, 0.29) is 29.1 Å². The monoisotopic (exact) mass is 691 g/mol. The van der Waals surface area contributed by atoms with Gasteiger partial charge in [0.15, 0.2) is 0 Å². The van der Waals surface area contributed by atoms with Crippen molar-refractivity contribution in [2.75, 3.05) is 25.4 Å². The summed E-state index contributed by atoms with van der Waals surface area (Å²) in [5, 5.41) is 9.89. The second-order valence-corrected chi connectivity index (χ2v) is 16.6. The minimum Gasteiger partial charge on any atom is -0.492 e. The molecule has 0 radical (unpaired) electrons. The Hall–Kier alpha value is -4.11. The van der Waals surface area contributed by atoms with Crippen LogP contribution in [0, 0.1) is 23.0 Å². The maximum absolute atomic E-state index is 17.7. The third-order valence-corrected chi connectivity index (χ3v) is 13.7. The molecule has 9 heteroatoms. The Kier molecular flexibility index (Phi) is 6.94. The summed E-state index contributed by atoms with van der Waals surface area (Å²) >= 11 is 0. The number of alkyl halides is 1. The summed E-state index contributed by atoms with van der Waals surface area (Å²) in [6, 6.07) is 11.8. The Labute approximate surface area is 296 Å². The molecule has 2 saturated heterocycles. The molecule has 10 rings (SSSR count). The average molecular weight is 692 g/mol. The molecule has 4 fully saturated rings. The van der Waals surface area contributed by atoms with Crippen molar-refractivity contribution in [3.05, 3.63) is 82.7 Å². The molecule has 5 aromatic rings. The van der Waals surface area contributed by atoms with Gasteiger partial charge >= 0.3 is 0 Å². The number of H-pyrrole nitrogens is 1. The van der Waals surface area contributed by atoms with E-state index >= 15 is 4.39 Å². The zero-order valence-corrected chi connectivity index (χ0v) is 29.2. The number of nitrogens with one attached hydrogen (secondary N) is 1. The Morgan fingerprint density at radius 2 is 1.92 bits per heavy atom. The number of aryl methyl sites for hydroxylation is 1. The molecule has 264 valence electrons. The standard InChI is InChI=1S/C42H44F3N5O/c1-22-4-5-24-12-31(38-28(34-17-41(34)9-10-41)6-7-35-33(38)19-48-49-35)39(45)32-15-27(51-21-42-8-3-11-50(42)20-26(44)16-42)14-30(37(24)32)36(22)23(2)29-13-25(43)18-47-40(29)46/h6-7,12-15,18-19,22-23,26,34,36H,3-5,8-11,16-17,20-21H2,1-2H3,(H2,46,47)(H,48,49)/t22-,23-,26+,34?,36?,42-/m0/s1. The molecule has 0 bridgehead atoms. The number of nitrogens with zero attached hydrogens (tertiary/aromatic N) is 3. The van der Waals surface area contributed by atoms with Crippen molar-refractivity contribution in [3.63, 3.8) is 0 Å². The molecule has 6 nitrogen and oxygen atoms in total. The highest BCUT2D eigenvalue weighted by atomic mass is 19.1. The van der Waals surface area contributed by atoms with Crippen LogP contribution in [0.3, 0.4) is 0 Å². The first-order valence-electron chi connectivity index (χ1n) is 18.8. The number of nitrogens with two attached hydrogens (primary N) is 1. The summed E-state index contributed by atoms with van der Waals surface area (Å²) in [5.41, 5.74) is 12.8. The summed E-state index contributed by atoms with van der Waals surface area (Å²) in [5.74, 6) is 0.493. The highest BCUT2D eigenvalue weighted by Gasteiger charge is 2.63. The van der Waals surface area contributed by atoms with Gasteiger partial charge in [-0.1, -0.05) is 19.9 Å². The number of benzene rings is 3. The van der Waals surface area contributed by atoms with Crippen molar-refractivity contribution in [3.8, 4) is 16.9 Å². The molecule has 4 heterocycles. The fraction of sp³-hybridized carbons (Fsp3) is 0.476. The van der Waals surface area contributed by atoms with Gasteiger partial charge in [0, 0.05) is 34.9 Å². The Bertz CT molecular complexity index is 2230. The Balaban J connectivity index is 1.17. The predicted molar refractivity (Wildman–Crippen MR) is 194 cm³/mol. The smallest absolute Gasteiger partial charge is 0.141 e. The molecule has 1 spiro atoms. The summed E-state index contributed by atoms with van der Waals surface area (Å²) in [6.07, 6.45) is 9.76. The van der Waals surface area contributed by atoms with Gasteiger partial charge in [0.05, 0.1) is 23.4 Å². The van der Waals surface area contributed by atoms with E-state index in [0.29, 0.717) is 59.0 Å². The highest BCUT2D eigenvalue weighted by molar-refractivity contribution is 6.02. The molecule has 5 aliphatic rings. The number of hydrogen-bond donors (Lipinski definition) is 2. The van der Waals surface area contributed by atoms with Crippen LogP contribution in [0.25, 0.3) is 32.8 Å². The average Bonchev–Trinajstić information content (AvgIpc) is 3.88. The van der Waals surface area contributed by atoms with E-state index in [9.17, 15) is 8.78 Å². The molecule has 51 heavy (non-hydrogen) atoms. The number of ether oxygens (including phenoxy) is 1. The van der Waals surface area contributed by atoms with Gasteiger partial charge < -0.3 is 10.5 Å². The van der Waals surface area contributed by atoms with Gasteiger partial charge in [0.2, 0.25) is 0 Å². The number of hydrogen-bond acceptors (Lipinski definition) is 5. The number of aromatic amines is 1. The number of pyridine rings is 1. The van der Waals surface area contributed by atoms with Crippen molar-refractivity contribution >= 4 is 27.5 Å². The van der Waals surface area contributed by atoms with Gasteiger partial charge in [-0.05, 0) is 139 Å². The molecule has 2 unspecified atom stereocenters. The van der Waals surface area contributed by atoms with Crippen molar-refractivity contribution in [2.45, 2.75) is 94.7 Å². The molecule has 3 N–H and O–H groups in total. The van der Waals surface area contributed by atoms with E-state index in [4.69, 9.17) is 10.5 Å². The summed E-state index contributed by atoms with van der Waals surface area (Å²) in [4.78, 5) is 6.41. The van der Waals surface area contributed by atoms with Crippen LogP contribution in [0.15, 0.2) is 48.8 Å². The topological polar surface area (TPSA) is 80.1 Å². The van der Waals surface area contributed by atoms with Crippen LogP contribution in [0.4, 0.5) is 19.0 Å². The predicted octanol–water partition coefficient (Wildman–Crippen LogP) is 9.33. The van der Waals surface area contributed by atoms with E-state index in [1.54, 1.807) is 0 Å². The van der Waals surface area contributed by atoms with E-state index < -0.39 is 12.0 Å². The largest absolute Gasteiger partial charge is 0.492 e. The molecular weight excluding hydrogens is 647 g/mol. The quantitative estimate of drug-likeness (QED) is 0.178. The lowest BCUT2D eigenvalue weighted by molar-refractivity contribution is 0.113. The first-order valence-corrected chi connectivity index (χ1v) is 18.8. The summed E-state index contributed by atoms with van der Waals surface area (Å²) < 4.78 is 53.8. The minimum atomic E-state index is -0.866. The van der Waals surface area contributed by atoms with Crippen LogP contribution in [-0.4, -0.2) is 51.5 Å². The molecule has 2 aromatic heterocycles. The van der Waals surface area contributed by atoms with Crippen molar-refractivity contribution < 1.29 is 17.9 Å². The molecular formula is C42H44F3N5O. The molecule has 2 saturated carbocycles. The fourth-order valence-electron chi connectivity index (χ4n) is 10.8. The van der Waals surface area contributed by atoms with Crippen molar-refractivity contribution in [1.82, 2.24) is 20.1 Å². The second kappa shape index (κ2) is 11.2. The highest BCUT2D eigenvalue weighted by Crippen LogP contribution is 2.76. The number of anilines is 1. The van der Waals surface area contributed by atoms with Crippen molar-refractivity contribution in [2.24, 2.45) is 11.3 Å². The first kappa shape index (κ1) is 31.6. The molecule has 0 amide bonds. The number of rotatable bonds is 7.